The number of hydrogen-bond acceptors (Lipinski definition) is 5. The molecule has 1 aromatic heterocycles. The summed E-state index contributed by atoms with van der Waals surface area (Å²) in [6, 6.07) is 9.09. The van der Waals surface area contributed by atoms with Gasteiger partial charge in [0.2, 0.25) is 0 Å². The Bertz CT molecular complexity index is 702. The van der Waals surface area contributed by atoms with E-state index < -0.39 is 0 Å². The summed E-state index contributed by atoms with van der Waals surface area (Å²) < 4.78 is 5.86. The van der Waals surface area contributed by atoms with Gasteiger partial charge >= 0.3 is 0 Å². The molecule has 1 fully saturated rings. The summed E-state index contributed by atoms with van der Waals surface area (Å²) in [7, 11) is 2.17. The zero-order valence-electron chi connectivity index (χ0n) is 14.5. The number of benzene rings is 1. The molecule has 1 aliphatic heterocycles. The van der Waals surface area contributed by atoms with E-state index in [4.69, 9.17) is 22.1 Å². The highest BCUT2D eigenvalue weighted by Crippen LogP contribution is 2.28. The van der Waals surface area contributed by atoms with Crippen molar-refractivity contribution in [2.24, 2.45) is 0 Å². The Morgan fingerprint density at radius 3 is 2.68 bits per heavy atom. The van der Waals surface area contributed by atoms with Crippen LogP contribution < -0.4 is 10.5 Å². The Morgan fingerprint density at radius 1 is 1.16 bits per heavy atom. The molecule has 0 unspecified atom stereocenters. The summed E-state index contributed by atoms with van der Waals surface area (Å²) in [4.78, 5) is 9.19. The predicted octanol–water partition coefficient (Wildman–Crippen LogP) is 3.45. The van der Waals surface area contributed by atoms with Crippen LogP contribution in [0.5, 0.6) is 11.5 Å². The minimum atomic E-state index is 0.494. The van der Waals surface area contributed by atoms with Crippen molar-refractivity contribution in [3.8, 4) is 11.5 Å². The maximum Gasteiger partial charge on any atom is 0.130 e. The molecule has 5 nitrogen and oxygen atoms in total. The molecule has 133 valence electrons. The first-order chi connectivity index (χ1) is 12.1. The van der Waals surface area contributed by atoms with Crippen LogP contribution in [0.1, 0.15) is 12.1 Å². The number of ether oxygens (including phenoxy) is 1. The zero-order chi connectivity index (χ0) is 17.6. The largest absolute Gasteiger partial charge is 0.457 e. The molecule has 0 amide bonds. The van der Waals surface area contributed by atoms with Crippen molar-refractivity contribution in [1.29, 1.82) is 0 Å². The Morgan fingerprint density at radius 2 is 1.92 bits per heavy atom. The lowest BCUT2D eigenvalue weighted by Crippen LogP contribution is -2.43. The lowest BCUT2D eigenvalue weighted by Gasteiger charge is -2.31. The molecule has 0 bridgehead atoms. The minimum Gasteiger partial charge on any atom is -0.457 e. The number of nitrogens with two attached hydrogens (primary N) is 1. The number of halogens is 1. The average molecular weight is 360 g/mol. The third-order valence-corrected chi connectivity index (χ3v) is 4.65. The first-order valence-corrected chi connectivity index (χ1v) is 8.92. The quantitative estimate of drug-likeness (QED) is 0.800. The lowest BCUT2D eigenvalue weighted by molar-refractivity contribution is 0.178. The van der Waals surface area contributed by atoms with Crippen LogP contribution >= 0.6 is 11.6 Å². The van der Waals surface area contributed by atoms with Crippen molar-refractivity contribution in [2.75, 3.05) is 39.0 Å². The number of nitrogens with zero attached hydrogens (tertiary/aromatic N) is 3. The van der Waals surface area contributed by atoms with Gasteiger partial charge in [-0.05, 0) is 38.1 Å². The third kappa shape index (κ3) is 5.33. The molecular formula is C19H24ClN4O. The van der Waals surface area contributed by atoms with Crippen LogP contribution in [0.25, 0.3) is 0 Å². The average Bonchev–Trinajstić information content (AvgIpc) is 2.60. The van der Waals surface area contributed by atoms with Crippen LogP contribution in [0, 0.1) is 6.54 Å². The third-order valence-electron chi connectivity index (χ3n) is 4.32. The van der Waals surface area contributed by atoms with Gasteiger partial charge in [-0.1, -0.05) is 11.6 Å². The second kappa shape index (κ2) is 8.52. The number of pyridine rings is 1. The molecule has 0 spiro atoms. The lowest BCUT2D eigenvalue weighted by atomic mass is 10.2. The molecule has 25 heavy (non-hydrogen) atoms. The Kier molecular flexibility index (Phi) is 6.13. The van der Waals surface area contributed by atoms with E-state index in [1.165, 1.54) is 0 Å². The number of aromatic nitrogens is 1. The van der Waals surface area contributed by atoms with Crippen molar-refractivity contribution >= 4 is 17.3 Å². The standard InChI is InChI=1S/C19H24ClN4O/c1-23-9-11-24(12-10-23)8-2-3-15-13-17(6-7-22-15)25-16-4-5-19(21)18(20)14-16/h4-8,13-14H,2-3,9-12,21H2,1H3. The molecule has 1 aliphatic rings. The summed E-state index contributed by atoms with van der Waals surface area (Å²) in [5, 5.41) is 0.494. The first-order valence-electron chi connectivity index (χ1n) is 8.54. The fourth-order valence-electron chi connectivity index (χ4n) is 2.76. The molecule has 1 saturated heterocycles. The fourth-order valence-corrected chi connectivity index (χ4v) is 2.93. The summed E-state index contributed by atoms with van der Waals surface area (Å²) >= 11 is 6.03. The van der Waals surface area contributed by atoms with Gasteiger partial charge in [0.25, 0.3) is 0 Å². The van der Waals surface area contributed by atoms with Gasteiger partial charge in [0.05, 0.1) is 10.7 Å². The smallest absolute Gasteiger partial charge is 0.130 e. The van der Waals surface area contributed by atoms with Crippen LogP contribution in [-0.4, -0.2) is 48.0 Å². The Labute approximate surface area is 154 Å². The molecule has 0 aliphatic carbocycles. The number of aryl methyl sites for hydroxylation is 1. The van der Waals surface area contributed by atoms with Gasteiger partial charge in [-0.25, -0.2) is 0 Å². The van der Waals surface area contributed by atoms with Gasteiger partial charge in [0, 0.05) is 56.7 Å². The van der Waals surface area contributed by atoms with Gasteiger partial charge in [-0.2, -0.15) is 0 Å². The first kappa shape index (κ1) is 18.0. The van der Waals surface area contributed by atoms with E-state index in [1.54, 1.807) is 18.3 Å². The van der Waals surface area contributed by atoms with Crippen LogP contribution in [-0.2, 0) is 6.42 Å². The zero-order valence-corrected chi connectivity index (χ0v) is 15.2. The highest BCUT2D eigenvalue weighted by Gasteiger charge is 2.13. The van der Waals surface area contributed by atoms with E-state index in [0.29, 0.717) is 16.5 Å². The van der Waals surface area contributed by atoms with Crippen LogP contribution in [0.4, 0.5) is 5.69 Å². The molecule has 1 radical (unpaired) electrons. The van der Waals surface area contributed by atoms with E-state index in [1.807, 2.05) is 18.2 Å². The van der Waals surface area contributed by atoms with E-state index in [-0.39, 0.29) is 0 Å². The second-order valence-corrected chi connectivity index (χ2v) is 6.74. The second-order valence-electron chi connectivity index (χ2n) is 6.33. The van der Waals surface area contributed by atoms with Crippen molar-refractivity contribution < 1.29 is 4.74 Å². The highest BCUT2D eigenvalue weighted by atomic mass is 35.5. The molecule has 1 aromatic carbocycles. The number of hydrogen-bond donors (Lipinski definition) is 1. The van der Waals surface area contributed by atoms with E-state index in [9.17, 15) is 0 Å². The predicted molar refractivity (Wildman–Crippen MR) is 102 cm³/mol. The Hall–Kier alpha value is -1.82. The maximum absolute atomic E-state index is 6.03. The molecule has 2 aromatic rings. The van der Waals surface area contributed by atoms with Crippen LogP contribution in [0.15, 0.2) is 36.5 Å². The number of likely N-dealkylation sites (N-methyl/N-ethyl adjacent to an activating group) is 1. The van der Waals surface area contributed by atoms with Crippen molar-refractivity contribution in [3.63, 3.8) is 0 Å². The number of rotatable bonds is 6. The fraction of sp³-hybridized carbons (Fsp3) is 0.368. The van der Waals surface area contributed by atoms with Crippen LogP contribution in [0.3, 0.4) is 0 Å². The van der Waals surface area contributed by atoms with Gasteiger partial charge in [0.1, 0.15) is 11.5 Å². The molecule has 3 rings (SSSR count). The number of anilines is 1. The van der Waals surface area contributed by atoms with E-state index in [0.717, 1.165) is 50.5 Å². The molecule has 2 N–H and O–H groups in total. The topological polar surface area (TPSA) is 54.6 Å². The summed E-state index contributed by atoms with van der Waals surface area (Å²) in [6.45, 7) is 6.75. The number of nitrogen functional groups attached to an aromatic ring is 1. The number of piperazine rings is 1. The normalized spacial score (nSPS) is 16.1. The minimum absolute atomic E-state index is 0.494. The maximum atomic E-state index is 6.03. The highest BCUT2D eigenvalue weighted by molar-refractivity contribution is 6.33. The monoisotopic (exact) mass is 359 g/mol. The molecular weight excluding hydrogens is 336 g/mol. The van der Waals surface area contributed by atoms with Crippen LogP contribution in [0.2, 0.25) is 5.02 Å². The van der Waals surface area contributed by atoms with Crippen molar-refractivity contribution in [1.82, 2.24) is 14.8 Å². The van der Waals surface area contributed by atoms with E-state index >= 15 is 0 Å². The van der Waals surface area contributed by atoms with Crippen molar-refractivity contribution in [3.05, 3.63) is 53.8 Å². The molecule has 0 saturated carbocycles. The van der Waals surface area contributed by atoms with Crippen molar-refractivity contribution in [2.45, 2.75) is 12.8 Å². The summed E-state index contributed by atoms with van der Waals surface area (Å²) in [6.07, 6.45) is 3.65. The SMILES string of the molecule is CN1CCN([CH]CCc2cc(Oc3ccc(N)c(Cl)c3)ccn2)CC1. The molecule has 6 heteroatoms. The van der Waals surface area contributed by atoms with Gasteiger partial charge < -0.3 is 15.4 Å². The van der Waals surface area contributed by atoms with Gasteiger partial charge in [-0.15, -0.1) is 0 Å². The molecule has 2 heterocycles. The van der Waals surface area contributed by atoms with Gasteiger partial charge in [-0.3, -0.25) is 9.88 Å². The van der Waals surface area contributed by atoms with E-state index in [2.05, 4.69) is 28.4 Å². The van der Waals surface area contributed by atoms with Gasteiger partial charge in [0.15, 0.2) is 0 Å². The summed E-state index contributed by atoms with van der Waals surface area (Å²) in [5.74, 6) is 1.42. The Balaban J connectivity index is 1.51. The summed E-state index contributed by atoms with van der Waals surface area (Å²) in [5.41, 5.74) is 7.29. The molecule has 0 atom stereocenters.